The summed E-state index contributed by atoms with van der Waals surface area (Å²) in [6.07, 6.45) is 0. The highest BCUT2D eigenvalue weighted by atomic mass is 16.5. The second kappa shape index (κ2) is 1.94. The zero-order chi connectivity index (χ0) is 6.85. The molecule has 0 saturated carbocycles. The lowest BCUT2D eigenvalue weighted by atomic mass is 10.4. The minimum atomic E-state index is 0.0926. The monoisotopic (exact) mass is 129 g/mol. The number of nitrogen functional groups attached to an aromatic ring is 1. The molecule has 0 spiro atoms. The van der Waals surface area contributed by atoms with E-state index in [-0.39, 0.29) is 5.88 Å². The smallest absolute Gasteiger partial charge is 0.248 e. The first-order valence-electron chi connectivity index (χ1n) is 2.37. The van der Waals surface area contributed by atoms with Gasteiger partial charge < -0.3 is 10.3 Å². The Morgan fingerprint density at radius 3 is 2.67 bits per heavy atom. The molecule has 0 radical (unpaired) electrons. The molecule has 5 nitrogen and oxygen atoms in total. The average molecular weight is 129 g/mol. The number of anilines is 2. The highest BCUT2D eigenvalue weighted by Gasteiger charge is 2.06. The quantitative estimate of drug-likeness (QED) is 0.477. The topological polar surface area (TPSA) is 84.3 Å². The van der Waals surface area contributed by atoms with Crippen LogP contribution in [0.4, 0.5) is 11.6 Å². The van der Waals surface area contributed by atoms with Gasteiger partial charge in [0.25, 0.3) is 0 Å². The molecule has 0 unspecified atom stereocenters. The summed E-state index contributed by atoms with van der Waals surface area (Å²) in [7, 11) is 0. The maximum absolute atomic E-state index is 8.36. The van der Waals surface area contributed by atoms with Gasteiger partial charge in [0.1, 0.15) is 11.4 Å². The Kier molecular flexibility index (Phi) is 1.27. The zero-order valence-electron chi connectivity index (χ0n) is 4.88. The molecule has 9 heavy (non-hydrogen) atoms. The van der Waals surface area contributed by atoms with Crippen LogP contribution in [-0.4, -0.2) is 10.4 Å². The van der Waals surface area contributed by atoms with E-state index >= 15 is 0 Å². The van der Waals surface area contributed by atoms with Crippen LogP contribution in [0.2, 0.25) is 0 Å². The van der Waals surface area contributed by atoms with Crippen molar-refractivity contribution in [2.24, 2.45) is 0 Å². The number of hydrogen-bond acceptors (Lipinski definition) is 5. The van der Waals surface area contributed by atoms with Gasteiger partial charge in [-0.05, 0) is 6.92 Å². The largest absolute Gasteiger partial charge is 0.366 e. The number of hydrogen-bond donors (Lipinski definition) is 3. The molecule has 1 aromatic rings. The maximum atomic E-state index is 8.36. The molecule has 0 aliphatic heterocycles. The van der Waals surface area contributed by atoms with Gasteiger partial charge in [0, 0.05) is 0 Å². The third-order valence-electron chi connectivity index (χ3n) is 1.00. The van der Waals surface area contributed by atoms with E-state index in [2.05, 4.69) is 9.68 Å². The Labute approximate surface area is 51.4 Å². The van der Waals surface area contributed by atoms with Gasteiger partial charge >= 0.3 is 0 Å². The fourth-order valence-electron chi connectivity index (χ4n) is 0.523. The van der Waals surface area contributed by atoms with Crippen molar-refractivity contribution in [3.8, 4) is 0 Å². The summed E-state index contributed by atoms with van der Waals surface area (Å²) in [4.78, 5) is 0. The highest BCUT2D eigenvalue weighted by molar-refractivity contribution is 5.60. The molecule has 0 saturated heterocycles. The van der Waals surface area contributed by atoms with Crippen LogP contribution in [0, 0.1) is 6.92 Å². The van der Waals surface area contributed by atoms with Gasteiger partial charge in [-0.2, -0.15) is 0 Å². The Balaban J connectivity index is 3.07. The van der Waals surface area contributed by atoms with Crippen molar-refractivity contribution in [3.63, 3.8) is 0 Å². The summed E-state index contributed by atoms with van der Waals surface area (Å²) in [6.45, 7) is 1.67. The fraction of sp³-hybridized carbons (Fsp3) is 0.250. The molecule has 0 aromatic carbocycles. The van der Waals surface area contributed by atoms with E-state index in [1.54, 1.807) is 6.92 Å². The standard InChI is InChI=1S/C4H7N3O2/c1-2-3(6-8)4(5)9-7-2/h6,8H,5H2,1H3. The van der Waals surface area contributed by atoms with Crippen molar-refractivity contribution in [1.82, 2.24) is 5.16 Å². The fourth-order valence-corrected chi connectivity index (χ4v) is 0.523. The number of rotatable bonds is 1. The summed E-state index contributed by atoms with van der Waals surface area (Å²) in [5, 5.41) is 11.8. The van der Waals surface area contributed by atoms with E-state index in [0.717, 1.165) is 0 Å². The Hall–Kier alpha value is -1.23. The van der Waals surface area contributed by atoms with E-state index < -0.39 is 0 Å². The van der Waals surface area contributed by atoms with Gasteiger partial charge in [-0.3, -0.25) is 10.7 Å². The Morgan fingerprint density at radius 1 is 1.78 bits per heavy atom. The van der Waals surface area contributed by atoms with E-state index in [4.69, 9.17) is 10.9 Å². The molecule has 1 rings (SSSR count). The predicted molar refractivity (Wildman–Crippen MR) is 31.1 cm³/mol. The molecule has 0 atom stereocenters. The van der Waals surface area contributed by atoms with Gasteiger partial charge in [-0.1, -0.05) is 5.16 Å². The first-order chi connectivity index (χ1) is 4.25. The summed E-state index contributed by atoms with van der Waals surface area (Å²) in [5.41, 5.74) is 7.93. The van der Waals surface area contributed by atoms with Crippen molar-refractivity contribution >= 4 is 11.6 Å². The van der Waals surface area contributed by atoms with E-state index in [1.807, 2.05) is 5.48 Å². The average Bonchev–Trinajstić information content (AvgIpc) is 2.12. The lowest BCUT2D eigenvalue weighted by molar-refractivity contribution is 0.387. The van der Waals surface area contributed by atoms with Gasteiger partial charge in [0.15, 0.2) is 0 Å². The van der Waals surface area contributed by atoms with Crippen molar-refractivity contribution < 1.29 is 9.73 Å². The minimum absolute atomic E-state index is 0.0926. The van der Waals surface area contributed by atoms with Gasteiger partial charge in [-0.15, -0.1) is 0 Å². The van der Waals surface area contributed by atoms with Crippen LogP contribution in [0.1, 0.15) is 5.69 Å². The molecule has 5 heteroatoms. The van der Waals surface area contributed by atoms with Crippen molar-refractivity contribution in [3.05, 3.63) is 5.69 Å². The van der Waals surface area contributed by atoms with Crippen LogP contribution in [0.25, 0.3) is 0 Å². The molecular weight excluding hydrogens is 122 g/mol. The Morgan fingerprint density at radius 2 is 2.44 bits per heavy atom. The van der Waals surface area contributed by atoms with Crippen LogP contribution < -0.4 is 11.2 Å². The van der Waals surface area contributed by atoms with E-state index in [0.29, 0.717) is 11.4 Å². The second-order valence-corrected chi connectivity index (χ2v) is 1.62. The normalized spacial score (nSPS) is 9.56. The number of nitrogens with one attached hydrogen (secondary N) is 1. The lowest BCUT2D eigenvalue weighted by Gasteiger charge is -1.91. The zero-order valence-corrected chi connectivity index (χ0v) is 4.88. The number of aromatic nitrogens is 1. The molecule has 50 valence electrons. The van der Waals surface area contributed by atoms with Crippen LogP contribution in [0.3, 0.4) is 0 Å². The molecule has 0 bridgehead atoms. The molecule has 0 amide bonds. The minimum Gasteiger partial charge on any atom is -0.366 e. The first-order valence-corrected chi connectivity index (χ1v) is 2.37. The van der Waals surface area contributed by atoms with Crippen molar-refractivity contribution in [1.29, 1.82) is 0 Å². The van der Waals surface area contributed by atoms with E-state index in [1.165, 1.54) is 0 Å². The summed E-state index contributed by atoms with van der Waals surface area (Å²) >= 11 is 0. The molecule has 1 heterocycles. The van der Waals surface area contributed by atoms with Gasteiger partial charge in [0.05, 0.1) is 0 Å². The summed E-state index contributed by atoms with van der Waals surface area (Å²) in [5.74, 6) is 0.0926. The van der Waals surface area contributed by atoms with Crippen LogP contribution in [0.15, 0.2) is 4.52 Å². The third kappa shape index (κ3) is 0.812. The number of aryl methyl sites for hydroxylation is 1. The highest BCUT2D eigenvalue weighted by Crippen LogP contribution is 2.20. The maximum Gasteiger partial charge on any atom is 0.248 e. The predicted octanol–water partition coefficient (Wildman–Crippen LogP) is 0.366. The SMILES string of the molecule is Cc1noc(N)c1NO. The number of nitrogens with zero attached hydrogens (tertiary/aromatic N) is 1. The summed E-state index contributed by atoms with van der Waals surface area (Å²) in [6, 6.07) is 0. The number of nitrogens with two attached hydrogens (primary N) is 1. The van der Waals surface area contributed by atoms with Crippen LogP contribution >= 0.6 is 0 Å². The van der Waals surface area contributed by atoms with Gasteiger partial charge in [0.2, 0.25) is 5.88 Å². The molecule has 1 aromatic heterocycles. The molecule has 0 fully saturated rings. The molecule has 0 aliphatic rings. The van der Waals surface area contributed by atoms with Crippen LogP contribution in [0.5, 0.6) is 0 Å². The molecule has 0 aliphatic carbocycles. The second-order valence-electron chi connectivity index (χ2n) is 1.62. The summed E-state index contributed by atoms with van der Waals surface area (Å²) < 4.78 is 4.49. The first kappa shape index (κ1) is 5.90. The van der Waals surface area contributed by atoms with E-state index in [9.17, 15) is 0 Å². The molecular formula is C4H7N3O2. The van der Waals surface area contributed by atoms with Crippen molar-refractivity contribution in [2.45, 2.75) is 6.92 Å². The lowest BCUT2D eigenvalue weighted by Crippen LogP contribution is -1.93. The van der Waals surface area contributed by atoms with Gasteiger partial charge in [-0.25, -0.2) is 0 Å². The third-order valence-corrected chi connectivity index (χ3v) is 1.00. The molecule has 4 N–H and O–H groups in total. The Bertz CT molecular complexity index is 188. The van der Waals surface area contributed by atoms with Crippen LogP contribution in [-0.2, 0) is 0 Å². The van der Waals surface area contributed by atoms with Crippen molar-refractivity contribution in [2.75, 3.05) is 11.2 Å².